The van der Waals surface area contributed by atoms with E-state index < -0.39 is 0 Å². The molecule has 2 aliphatic rings. The number of hydrogen-bond donors (Lipinski definition) is 2. The van der Waals surface area contributed by atoms with E-state index in [0.717, 1.165) is 19.0 Å². The number of nitrogens with zero attached hydrogens (tertiary/aromatic N) is 1. The maximum atomic E-state index is 4.79. The van der Waals surface area contributed by atoms with Crippen molar-refractivity contribution in [2.45, 2.75) is 51.0 Å². The third kappa shape index (κ3) is 4.11. The molecule has 1 fully saturated rings. The minimum atomic E-state index is 0. The number of hydrogen-bond acceptors (Lipinski definition) is 1. The van der Waals surface area contributed by atoms with E-state index in [2.05, 4.69) is 41.8 Å². The summed E-state index contributed by atoms with van der Waals surface area (Å²) in [6.45, 7) is 3.96. The molecule has 1 atom stereocenters. The number of benzene rings is 1. The highest BCUT2D eigenvalue weighted by atomic mass is 127. The van der Waals surface area contributed by atoms with E-state index >= 15 is 0 Å². The fourth-order valence-corrected chi connectivity index (χ4v) is 3.31. The van der Waals surface area contributed by atoms with Gasteiger partial charge in [-0.25, -0.2) is 0 Å². The Kier molecular flexibility index (Phi) is 6.33. The first-order valence-electron chi connectivity index (χ1n) is 7.99. The highest BCUT2D eigenvalue weighted by Gasteiger charge is 2.25. The fourth-order valence-electron chi connectivity index (χ4n) is 3.31. The van der Waals surface area contributed by atoms with Crippen LogP contribution in [0.2, 0.25) is 0 Å². The number of halogens is 1. The molecule has 0 amide bonds. The molecule has 3 nitrogen and oxygen atoms in total. The van der Waals surface area contributed by atoms with Gasteiger partial charge in [-0.15, -0.1) is 24.0 Å². The van der Waals surface area contributed by atoms with E-state index in [1.807, 2.05) is 0 Å². The molecule has 0 aliphatic heterocycles. The largest absolute Gasteiger partial charge is 0.357 e. The van der Waals surface area contributed by atoms with Crippen molar-refractivity contribution in [2.24, 2.45) is 4.99 Å². The summed E-state index contributed by atoms with van der Waals surface area (Å²) in [4.78, 5) is 4.79. The third-order valence-electron chi connectivity index (χ3n) is 4.47. The van der Waals surface area contributed by atoms with Crippen LogP contribution < -0.4 is 10.6 Å². The van der Waals surface area contributed by atoms with Crippen LogP contribution in [0.5, 0.6) is 0 Å². The quantitative estimate of drug-likeness (QED) is 0.462. The zero-order chi connectivity index (χ0) is 13.8. The molecule has 116 valence electrons. The van der Waals surface area contributed by atoms with E-state index in [0.29, 0.717) is 12.0 Å². The van der Waals surface area contributed by atoms with Crippen LogP contribution in [0.1, 0.15) is 49.7 Å². The van der Waals surface area contributed by atoms with Crippen LogP contribution >= 0.6 is 24.0 Å². The highest BCUT2D eigenvalue weighted by molar-refractivity contribution is 14.0. The van der Waals surface area contributed by atoms with Gasteiger partial charge in [0.15, 0.2) is 5.96 Å². The average molecular weight is 399 g/mol. The Morgan fingerprint density at radius 3 is 2.71 bits per heavy atom. The van der Waals surface area contributed by atoms with Crippen molar-refractivity contribution in [2.75, 3.05) is 13.1 Å². The minimum Gasteiger partial charge on any atom is -0.357 e. The molecule has 1 aromatic carbocycles. The van der Waals surface area contributed by atoms with Crippen LogP contribution in [0.25, 0.3) is 0 Å². The monoisotopic (exact) mass is 399 g/mol. The molecule has 3 rings (SSSR count). The SMILES string of the molecule is CCNC(=NCC1Cc2ccccc21)NC1CCCC1.I. The normalized spacial score (nSPS) is 21.2. The Balaban J connectivity index is 0.00000161. The van der Waals surface area contributed by atoms with Crippen LogP contribution in [0.15, 0.2) is 29.3 Å². The van der Waals surface area contributed by atoms with E-state index in [-0.39, 0.29) is 24.0 Å². The first-order chi connectivity index (χ1) is 9.86. The molecule has 4 heteroatoms. The number of fused-ring (bicyclic) bond motifs is 1. The summed E-state index contributed by atoms with van der Waals surface area (Å²) in [6, 6.07) is 9.37. The van der Waals surface area contributed by atoms with Crippen molar-refractivity contribution in [3.8, 4) is 0 Å². The molecule has 0 saturated heterocycles. The number of guanidine groups is 1. The molecule has 1 saturated carbocycles. The molecule has 2 N–H and O–H groups in total. The Hall–Kier alpha value is -0.780. The zero-order valence-corrected chi connectivity index (χ0v) is 15.1. The van der Waals surface area contributed by atoms with Gasteiger partial charge in [0.05, 0.1) is 0 Å². The van der Waals surface area contributed by atoms with Gasteiger partial charge in [-0.1, -0.05) is 37.1 Å². The third-order valence-corrected chi connectivity index (χ3v) is 4.47. The number of rotatable bonds is 4. The maximum Gasteiger partial charge on any atom is 0.191 e. The first kappa shape index (κ1) is 16.6. The number of nitrogens with one attached hydrogen (secondary N) is 2. The second kappa shape index (κ2) is 8.01. The van der Waals surface area contributed by atoms with Gasteiger partial charge in [-0.05, 0) is 37.3 Å². The van der Waals surface area contributed by atoms with Gasteiger partial charge in [0.25, 0.3) is 0 Å². The van der Waals surface area contributed by atoms with Crippen LogP contribution in [0, 0.1) is 0 Å². The standard InChI is InChI=1S/C17H25N3.HI/c1-2-18-17(20-15-8-4-5-9-15)19-12-14-11-13-7-3-6-10-16(13)14;/h3,6-7,10,14-15H,2,4-5,8-9,11-12H2,1H3,(H2,18,19,20);1H. The maximum absolute atomic E-state index is 4.79. The Labute approximate surface area is 145 Å². The van der Waals surface area contributed by atoms with Crippen molar-refractivity contribution in [1.82, 2.24) is 10.6 Å². The average Bonchev–Trinajstić information content (AvgIpc) is 2.93. The summed E-state index contributed by atoms with van der Waals surface area (Å²) in [5.74, 6) is 1.62. The molecular formula is C17H26IN3. The lowest BCUT2D eigenvalue weighted by molar-refractivity contribution is 0.594. The predicted molar refractivity (Wildman–Crippen MR) is 99.7 cm³/mol. The van der Waals surface area contributed by atoms with Gasteiger partial charge in [0.1, 0.15) is 0 Å². The van der Waals surface area contributed by atoms with Gasteiger partial charge in [0.2, 0.25) is 0 Å². The first-order valence-corrected chi connectivity index (χ1v) is 7.99. The van der Waals surface area contributed by atoms with Gasteiger partial charge in [-0.3, -0.25) is 4.99 Å². The molecular weight excluding hydrogens is 373 g/mol. The smallest absolute Gasteiger partial charge is 0.191 e. The molecule has 0 bridgehead atoms. The summed E-state index contributed by atoms with van der Waals surface area (Å²) in [5.41, 5.74) is 2.99. The van der Waals surface area contributed by atoms with Gasteiger partial charge in [0, 0.05) is 25.0 Å². The Morgan fingerprint density at radius 2 is 2.00 bits per heavy atom. The molecule has 1 unspecified atom stereocenters. The Bertz CT molecular complexity index is 481. The van der Waals surface area contributed by atoms with Crippen molar-refractivity contribution in [3.63, 3.8) is 0 Å². The lowest BCUT2D eigenvalue weighted by Gasteiger charge is -2.29. The van der Waals surface area contributed by atoms with Crippen LogP contribution in [0.4, 0.5) is 0 Å². The summed E-state index contributed by atoms with van der Waals surface area (Å²) < 4.78 is 0. The van der Waals surface area contributed by atoms with E-state index in [1.54, 1.807) is 0 Å². The molecule has 0 radical (unpaired) electrons. The van der Waals surface area contributed by atoms with Gasteiger partial charge in [-0.2, -0.15) is 0 Å². The lowest BCUT2D eigenvalue weighted by Crippen LogP contribution is -2.42. The molecule has 2 aliphatic carbocycles. The van der Waals surface area contributed by atoms with E-state index in [9.17, 15) is 0 Å². The van der Waals surface area contributed by atoms with Crippen molar-refractivity contribution >= 4 is 29.9 Å². The van der Waals surface area contributed by atoms with Crippen molar-refractivity contribution in [1.29, 1.82) is 0 Å². The molecule has 1 aromatic rings. The van der Waals surface area contributed by atoms with Gasteiger partial charge >= 0.3 is 0 Å². The highest BCUT2D eigenvalue weighted by Crippen LogP contribution is 2.34. The molecule has 21 heavy (non-hydrogen) atoms. The molecule has 0 spiro atoms. The van der Waals surface area contributed by atoms with Crippen LogP contribution in [0.3, 0.4) is 0 Å². The summed E-state index contributed by atoms with van der Waals surface area (Å²) in [5, 5.41) is 6.96. The van der Waals surface area contributed by atoms with Crippen molar-refractivity contribution in [3.05, 3.63) is 35.4 Å². The lowest BCUT2D eigenvalue weighted by atomic mass is 9.78. The zero-order valence-electron chi connectivity index (χ0n) is 12.8. The minimum absolute atomic E-state index is 0. The second-order valence-electron chi connectivity index (χ2n) is 5.95. The topological polar surface area (TPSA) is 36.4 Å². The molecule has 0 heterocycles. The predicted octanol–water partition coefficient (Wildman–Crippen LogP) is 3.44. The van der Waals surface area contributed by atoms with Gasteiger partial charge < -0.3 is 10.6 Å². The van der Waals surface area contributed by atoms with E-state index in [4.69, 9.17) is 4.99 Å². The molecule has 0 aromatic heterocycles. The van der Waals surface area contributed by atoms with Crippen LogP contribution in [-0.2, 0) is 6.42 Å². The van der Waals surface area contributed by atoms with Crippen LogP contribution in [-0.4, -0.2) is 25.1 Å². The summed E-state index contributed by atoms with van der Waals surface area (Å²) in [6.07, 6.45) is 6.47. The second-order valence-corrected chi connectivity index (χ2v) is 5.95. The Morgan fingerprint density at radius 1 is 1.24 bits per heavy atom. The van der Waals surface area contributed by atoms with Crippen molar-refractivity contribution < 1.29 is 0 Å². The number of aliphatic imine (C=N–C) groups is 1. The fraction of sp³-hybridized carbons (Fsp3) is 0.588. The summed E-state index contributed by atoms with van der Waals surface area (Å²) in [7, 11) is 0. The summed E-state index contributed by atoms with van der Waals surface area (Å²) >= 11 is 0. The van der Waals surface area contributed by atoms with E-state index in [1.165, 1.54) is 43.2 Å².